The zero-order valence-electron chi connectivity index (χ0n) is 10.8. The summed E-state index contributed by atoms with van der Waals surface area (Å²) in [7, 11) is 0. The van der Waals surface area contributed by atoms with E-state index in [1.807, 2.05) is 25.1 Å². The maximum absolute atomic E-state index is 9.62. The molecule has 3 nitrogen and oxygen atoms in total. The fraction of sp³-hybridized carbons (Fsp3) is 0.571. The monoisotopic (exact) mass is 268 g/mol. The minimum Gasteiger partial charge on any atom is -0.393 e. The van der Waals surface area contributed by atoms with Crippen LogP contribution < -0.4 is 10.6 Å². The molecule has 0 aliphatic carbocycles. The van der Waals surface area contributed by atoms with Gasteiger partial charge in [-0.2, -0.15) is 0 Å². The van der Waals surface area contributed by atoms with Crippen LogP contribution in [0.3, 0.4) is 0 Å². The average Bonchev–Trinajstić information content (AvgIpc) is 2.38. The van der Waals surface area contributed by atoms with Crippen molar-refractivity contribution in [3.8, 4) is 0 Å². The van der Waals surface area contributed by atoms with E-state index < -0.39 is 0 Å². The molecule has 2 rings (SSSR count). The molecular formula is C14H21ClN2O. The standard InChI is InChI=1S/C14H21ClN2O/c1-10(18)11-4-6-17(7-5-11)14-3-2-13(15)8-12(14)9-16/h2-3,8,10-11,18H,4-7,9,16H2,1H3. The Morgan fingerprint density at radius 3 is 2.67 bits per heavy atom. The molecule has 0 spiro atoms. The van der Waals surface area contributed by atoms with Crippen molar-refractivity contribution in [3.05, 3.63) is 28.8 Å². The number of halogens is 1. The van der Waals surface area contributed by atoms with Gasteiger partial charge in [-0.1, -0.05) is 11.6 Å². The summed E-state index contributed by atoms with van der Waals surface area (Å²) < 4.78 is 0. The van der Waals surface area contributed by atoms with Crippen molar-refractivity contribution < 1.29 is 5.11 Å². The summed E-state index contributed by atoms with van der Waals surface area (Å²) in [5, 5.41) is 10.3. The molecule has 0 radical (unpaired) electrons. The van der Waals surface area contributed by atoms with Gasteiger partial charge in [0.15, 0.2) is 0 Å². The predicted octanol–water partition coefficient (Wildman–Crippen LogP) is 2.40. The van der Waals surface area contributed by atoms with Gasteiger partial charge in [-0.05, 0) is 49.4 Å². The molecule has 1 heterocycles. The lowest BCUT2D eigenvalue weighted by molar-refractivity contribution is 0.110. The number of anilines is 1. The summed E-state index contributed by atoms with van der Waals surface area (Å²) in [5.74, 6) is 0.426. The van der Waals surface area contributed by atoms with Gasteiger partial charge in [-0.15, -0.1) is 0 Å². The van der Waals surface area contributed by atoms with Crippen LogP contribution in [0.25, 0.3) is 0 Å². The van der Waals surface area contributed by atoms with Gasteiger partial charge in [-0.3, -0.25) is 0 Å². The zero-order chi connectivity index (χ0) is 13.1. The lowest BCUT2D eigenvalue weighted by Gasteiger charge is -2.35. The SMILES string of the molecule is CC(O)C1CCN(c2ccc(Cl)cc2CN)CC1. The Hall–Kier alpha value is -0.770. The molecule has 4 heteroatoms. The van der Waals surface area contributed by atoms with Crippen LogP contribution in [0.2, 0.25) is 5.02 Å². The fourth-order valence-electron chi connectivity index (χ4n) is 2.65. The van der Waals surface area contributed by atoms with Crippen molar-refractivity contribution in [1.29, 1.82) is 0 Å². The highest BCUT2D eigenvalue weighted by Gasteiger charge is 2.23. The van der Waals surface area contributed by atoms with Crippen LogP contribution in [0.5, 0.6) is 0 Å². The van der Waals surface area contributed by atoms with E-state index in [2.05, 4.69) is 4.90 Å². The number of rotatable bonds is 3. The predicted molar refractivity (Wildman–Crippen MR) is 76.0 cm³/mol. The molecule has 18 heavy (non-hydrogen) atoms. The van der Waals surface area contributed by atoms with Gasteiger partial charge in [0.2, 0.25) is 0 Å². The third kappa shape index (κ3) is 2.97. The maximum atomic E-state index is 9.62. The Balaban J connectivity index is 2.09. The van der Waals surface area contributed by atoms with Crippen LogP contribution in [-0.4, -0.2) is 24.3 Å². The van der Waals surface area contributed by atoms with Crippen molar-refractivity contribution in [2.45, 2.75) is 32.4 Å². The number of benzene rings is 1. The summed E-state index contributed by atoms with van der Waals surface area (Å²) in [6.45, 7) is 4.34. The first-order chi connectivity index (χ1) is 8.61. The van der Waals surface area contributed by atoms with Gasteiger partial charge in [0, 0.05) is 30.3 Å². The van der Waals surface area contributed by atoms with E-state index in [1.165, 1.54) is 5.69 Å². The quantitative estimate of drug-likeness (QED) is 0.885. The molecule has 1 aromatic carbocycles. The van der Waals surface area contributed by atoms with Gasteiger partial charge in [-0.25, -0.2) is 0 Å². The van der Waals surface area contributed by atoms with E-state index in [1.54, 1.807) is 0 Å². The van der Waals surface area contributed by atoms with Crippen molar-refractivity contribution in [1.82, 2.24) is 0 Å². The Bertz CT molecular complexity index is 401. The van der Waals surface area contributed by atoms with E-state index >= 15 is 0 Å². The molecule has 1 aliphatic rings. The summed E-state index contributed by atoms with van der Waals surface area (Å²) in [5.41, 5.74) is 8.06. The molecule has 0 saturated carbocycles. The highest BCUT2D eigenvalue weighted by Crippen LogP contribution is 2.29. The van der Waals surface area contributed by atoms with Crippen LogP contribution in [0, 0.1) is 5.92 Å². The summed E-state index contributed by atoms with van der Waals surface area (Å²) >= 11 is 5.99. The average molecular weight is 269 g/mol. The third-order valence-electron chi connectivity index (χ3n) is 3.82. The van der Waals surface area contributed by atoms with E-state index in [4.69, 9.17) is 17.3 Å². The van der Waals surface area contributed by atoms with Crippen molar-refractivity contribution in [3.63, 3.8) is 0 Å². The summed E-state index contributed by atoms with van der Waals surface area (Å²) in [6.07, 6.45) is 1.86. The van der Waals surface area contributed by atoms with Crippen LogP contribution >= 0.6 is 11.6 Å². The lowest BCUT2D eigenvalue weighted by Crippen LogP contribution is -2.37. The second-order valence-electron chi connectivity index (χ2n) is 5.04. The van der Waals surface area contributed by atoms with E-state index in [0.717, 1.165) is 36.5 Å². The topological polar surface area (TPSA) is 49.5 Å². The number of aliphatic hydroxyl groups excluding tert-OH is 1. The number of piperidine rings is 1. The molecule has 0 aromatic heterocycles. The molecule has 1 unspecified atom stereocenters. The molecule has 1 aliphatic heterocycles. The Morgan fingerprint density at radius 2 is 2.11 bits per heavy atom. The minimum absolute atomic E-state index is 0.202. The van der Waals surface area contributed by atoms with Crippen LogP contribution in [0.1, 0.15) is 25.3 Å². The molecule has 1 saturated heterocycles. The molecule has 1 fully saturated rings. The second-order valence-corrected chi connectivity index (χ2v) is 5.48. The molecule has 0 bridgehead atoms. The molecule has 1 atom stereocenters. The minimum atomic E-state index is -0.202. The van der Waals surface area contributed by atoms with Gasteiger partial charge in [0.05, 0.1) is 6.10 Å². The van der Waals surface area contributed by atoms with Gasteiger partial charge in [0.1, 0.15) is 0 Å². The molecule has 0 amide bonds. The van der Waals surface area contributed by atoms with Crippen LogP contribution in [-0.2, 0) is 6.54 Å². The first-order valence-corrected chi connectivity index (χ1v) is 6.91. The third-order valence-corrected chi connectivity index (χ3v) is 4.06. The lowest BCUT2D eigenvalue weighted by atomic mass is 9.91. The smallest absolute Gasteiger partial charge is 0.0541 e. The molecule has 100 valence electrons. The zero-order valence-corrected chi connectivity index (χ0v) is 11.5. The van der Waals surface area contributed by atoms with E-state index in [-0.39, 0.29) is 6.10 Å². The number of nitrogens with two attached hydrogens (primary N) is 1. The fourth-order valence-corrected chi connectivity index (χ4v) is 2.84. The Kier molecular flexibility index (Phi) is 4.49. The Morgan fingerprint density at radius 1 is 1.44 bits per heavy atom. The second kappa shape index (κ2) is 5.91. The normalized spacial score (nSPS) is 19.0. The largest absolute Gasteiger partial charge is 0.393 e. The summed E-state index contributed by atoms with van der Waals surface area (Å²) in [6, 6.07) is 5.90. The Labute approximate surface area is 114 Å². The highest BCUT2D eigenvalue weighted by atomic mass is 35.5. The molecule has 1 aromatic rings. The number of hydrogen-bond acceptors (Lipinski definition) is 3. The first kappa shape index (κ1) is 13.7. The van der Waals surface area contributed by atoms with Crippen LogP contribution in [0.15, 0.2) is 18.2 Å². The maximum Gasteiger partial charge on any atom is 0.0541 e. The van der Waals surface area contributed by atoms with Crippen molar-refractivity contribution in [2.75, 3.05) is 18.0 Å². The molecule has 3 N–H and O–H groups in total. The molecular weight excluding hydrogens is 248 g/mol. The van der Waals surface area contributed by atoms with Gasteiger partial charge >= 0.3 is 0 Å². The highest BCUT2D eigenvalue weighted by molar-refractivity contribution is 6.30. The van der Waals surface area contributed by atoms with Gasteiger partial charge < -0.3 is 15.7 Å². The number of aliphatic hydroxyl groups is 1. The number of hydrogen-bond donors (Lipinski definition) is 2. The summed E-state index contributed by atoms with van der Waals surface area (Å²) in [4.78, 5) is 2.34. The van der Waals surface area contributed by atoms with E-state index in [0.29, 0.717) is 12.5 Å². The van der Waals surface area contributed by atoms with Crippen molar-refractivity contribution >= 4 is 17.3 Å². The number of nitrogens with zero attached hydrogens (tertiary/aromatic N) is 1. The first-order valence-electron chi connectivity index (χ1n) is 6.53. The van der Waals surface area contributed by atoms with Crippen LogP contribution in [0.4, 0.5) is 5.69 Å². The van der Waals surface area contributed by atoms with Gasteiger partial charge in [0.25, 0.3) is 0 Å². The van der Waals surface area contributed by atoms with Crippen molar-refractivity contribution in [2.24, 2.45) is 11.7 Å². The van der Waals surface area contributed by atoms with E-state index in [9.17, 15) is 5.11 Å².